The molecule has 0 saturated heterocycles. The number of carbonyl (C=O) groups is 3. The van der Waals surface area contributed by atoms with Gasteiger partial charge < -0.3 is 14.9 Å². The van der Waals surface area contributed by atoms with Crippen LogP contribution in [-0.4, -0.2) is 64.1 Å². The molecule has 4 rings (SSSR count). The van der Waals surface area contributed by atoms with E-state index in [0.717, 1.165) is 19.1 Å². The number of hydrogen-bond donors (Lipinski definition) is 2. The van der Waals surface area contributed by atoms with Gasteiger partial charge in [-0.25, -0.2) is 13.2 Å². The van der Waals surface area contributed by atoms with Crippen molar-refractivity contribution in [3.05, 3.63) is 23.8 Å². The number of ketones is 2. The first-order valence-corrected chi connectivity index (χ1v) is 11.2. The minimum absolute atomic E-state index is 0.00673. The Labute approximate surface area is 189 Å². The van der Waals surface area contributed by atoms with E-state index in [0.29, 0.717) is 0 Å². The van der Waals surface area contributed by atoms with Crippen LogP contribution in [0.5, 0.6) is 0 Å². The third-order valence-electron chi connectivity index (χ3n) is 9.06. The van der Waals surface area contributed by atoms with Crippen molar-refractivity contribution in [2.24, 2.45) is 28.6 Å². The number of fused-ring (bicyclic) bond motifs is 5. The molecule has 0 bridgehead atoms. The highest BCUT2D eigenvalue weighted by molar-refractivity contribution is 6.01. The lowest BCUT2D eigenvalue weighted by atomic mass is 9.44. The molecule has 9 heteroatoms. The first kappa shape index (κ1) is 24.1. The molecule has 3 saturated carbocycles. The van der Waals surface area contributed by atoms with Gasteiger partial charge in [0, 0.05) is 23.7 Å². The van der Waals surface area contributed by atoms with Gasteiger partial charge in [0.25, 0.3) is 0 Å². The first-order chi connectivity index (χ1) is 15.2. The molecule has 4 aliphatic rings. The normalized spacial score (nSPS) is 50.7. The molecule has 0 spiro atoms. The second-order valence-electron chi connectivity index (χ2n) is 10.5. The SMILES string of the molecule is CC(=O)OCC(=O)[C@@]1(O)[C@@H](C)C[C@H]2[C@@H]3[C@H](F)[C@@H](F)C4=CC(=O)C=C[C@]4(C)[C@@]3(F)[C@@H](O)C[C@@]21C. The van der Waals surface area contributed by atoms with Gasteiger partial charge in [-0.15, -0.1) is 0 Å². The van der Waals surface area contributed by atoms with Crippen LogP contribution in [-0.2, 0) is 19.1 Å². The Morgan fingerprint density at radius 3 is 2.52 bits per heavy atom. The Balaban J connectivity index is 1.84. The highest BCUT2D eigenvalue weighted by Crippen LogP contribution is 2.71. The molecular weight excluding hydrogens is 441 g/mol. The molecule has 6 nitrogen and oxygen atoms in total. The summed E-state index contributed by atoms with van der Waals surface area (Å²) in [6.45, 7) is 4.75. The molecule has 0 aromatic heterocycles. The minimum Gasteiger partial charge on any atom is -0.458 e. The number of halogens is 3. The predicted molar refractivity (Wildman–Crippen MR) is 110 cm³/mol. The van der Waals surface area contributed by atoms with Gasteiger partial charge in [0.05, 0.1) is 6.10 Å². The summed E-state index contributed by atoms with van der Waals surface area (Å²) < 4.78 is 52.9. The van der Waals surface area contributed by atoms with Gasteiger partial charge in [-0.3, -0.25) is 14.4 Å². The number of ether oxygens (including phenoxy) is 1. The van der Waals surface area contributed by atoms with Gasteiger partial charge in [-0.05, 0) is 49.3 Å². The highest BCUT2D eigenvalue weighted by Gasteiger charge is 2.78. The molecular formula is C24H29F3O6. The van der Waals surface area contributed by atoms with E-state index in [4.69, 9.17) is 4.74 Å². The van der Waals surface area contributed by atoms with Crippen LogP contribution in [0.2, 0.25) is 0 Å². The maximum Gasteiger partial charge on any atom is 0.303 e. The summed E-state index contributed by atoms with van der Waals surface area (Å²) in [5, 5.41) is 22.8. The van der Waals surface area contributed by atoms with E-state index in [1.54, 1.807) is 6.92 Å². The maximum absolute atomic E-state index is 17.0. The van der Waals surface area contributed by atoms with E-state index in [-0.39, 0.29) is 12.0 Å². The van der Waals surface area contributed by atoms with E-state index in [1.165, 1.54) is 19.9 Å². The zero-order chi connectivity index (χ0) is 24.7. The molecule has 10 atom stereocenters. The number of allylic oxidation sites excluding steroid dienone is 4. The van der Waals surface area contributed by atoms with E-state index in [1.807, 2.05) is 0 Å². The van der Waals surface area contributed by atoms with Gasteiger partial charge in [0.1, 0.15) is 11.8 Å². The van der Waals surface area contributed by atoms with Crippen LogP contribution in [0.4, 0.5) is 13.2 Å². The van der Waals surface area contributed by atoms with Crippen molar-refractivity contribution < 1.29 is 42.5 Å². The molecule has 3 fully saturated rings. The number of esters is 1. The zero-order valence-electron chi connectivity index (χ0n) is 19.0. The maximum atomic E-state index is 17.0. The van der Waals surface area contributed by atoms with Crippen LogP contribution in [0.15, 0.2) is 23.8 Å². The first-order valence-electron chi connectivity index (χ1n) is 11.2. The molecule has 33 heavy (non-hydrogen) atoms. The van der Waals surface area contributed by atoms with Crippen molar-refractivity contribution in [1.29, 1.82) is 0 Å². The Hall–Kier alpha value is -2.00. The predicted octanol–water partition coefficient (Wildman–Crippen LogP) is 2.36. The summed E-state index contributed by atoms with van der Waals surface area (Å²) >= 11 is 0. The summed E-state index contributed by atoms with van der Waals surface area (Å²) in [5.74, 6) is -5.61. The Morgan fingerprint density at radius 1 is 1.27 bits per heavy atom. The van der Waals surface area contributed by atoms with Crippen LogP contribution in [0.3, 0.4) is 0 Å². The standard InChI is InChI=1S/C24H29F3O6/c1-11-7-14-18-20(26)19(25)15-8-13(29)5-6-21(15,3)23(18,27)16(30)9-22(14,4)24(11,32)17(31)10-33-12(2)28/h5-6,8,11,14,16,18-20,30,32H,7,9-10H2,1-4H3/t11-,14-,16-,18+,19-,20-,21-,22-,23+,24-/m0/s1. The Kier molecular flexibility index (Phi) is 5.30. The lowest BCUT2D eigenvalue weighted by molar-refractivity contribution is -0.238. The Bertz CT molecular complexity index is 979. The van der Waals surface area contributed by atoms with E-state index < -0.39 is 88.9 Å². The number of aliphatic hydroxyl groups is 2. The van der Waals surface area contributed by atoms with Crippen LogP contribution in [0.1, 0.15) is 40.5 Å². The van der Waals surface area contributed by atoms with Gasteiger partial charge in [0.2, 0.25) is 5.78 Å². The van der Waals surface area contributed by atoms with Crippen molar-refractivity contribution in [1.82, 2.24) is 0 Å². The average Bonchev–Trinajstić information content (AvgIpc) is 2.93. The fourth-order valence-electron chi connectivity index (χ4n) is 7.35. The zero-order valence-corrected chi connectivity index (χ0v) is 19.0. The van der Waals surface area contributed by atoms with E-state index >= 15 is 13.2 Å². The van der Waals surface area contributed by atoms with Crippen LogP contribution < -0.4 is 0 Å². The lowest BCUT2D eigenvalue weighted by Gasteiger charge is -2.63. The summed E-state index contributed by atoms with van der Waals surface area (Å²) in [6.07, 6.45) is -3.76. The number of aliphatic hydroxyl groups excluding tert-OH is 1. The number of Topliss-reactive ketones (excluding diaryl/α,β-unsaturated/α-hetero) is 1. The van der Waals surface area contributed by atoms with Crippen LogP contribution in [0.25, 0.3) is 0 Å². The molecule has 0 heterocycles. The summed E-state index contributed by atoms with van der Waals surface area (Å²) in [7, 11) is 0. The van der Waals surface area contributed by atoms with Gasteiger partial charge in [-0.1, -0.05) is 19.9 Å². The third kappa shape index (κ3) is 2.78. The third-order valence-corrected chi connectivity index (χ3v) is 9.06. The minimum atomic E-state index is -2.67. The molecule has 0 aromatic carbocycles. The smallest absolute Gasteiger partial charge is 0.303 e. The number of alkyl halides is 3. The summed E-state index contributed by atoms with van der Waals surface area (Å²) in [4.78, 5) is 36.1. The van der Waals surface area contributed by atoms with Crippen LogP contribution >= 0.6 is 0 Å². The summed E-state index contributed by atoms with van der Waals surface area (Å²) in [6, 6.07) is 0. The summed E-state index contributed by atoms with van der Waals surface area (Å²) in [5.41, 5.74) is -8.45. The average molecular weight is 470 g/mol. The van der Waals surface area contributed by atoms with Crippen LogP contribution in [0, 0.1) is 28.6 Å². The highest BCUT2D eigenvalue weighted by atomic mass is 19.2. The Morgan fingerprint density at radius 2 is 1.91 bits per heavy atom. The van der Waals surface area contributed by atoms with Gasteiger partial charge in [-0.2, -0.15) is 0 Å². The van der Waals surface area contributed by atoms with Crippen molar-refractivity contribution in [2.45, 2.75) is 70.3 Å². The molecule has 0 unspecified atom stereocenters. The molecule has 182 valence electrons. The quantitative estimate of drug-likeness (QED) is 0.615. The molecule has 2 N–H and O–H groups in total. The van der Waals surface area contributed by atoms with Gasteiger partial charge in [0.15, 0.2) is 24.2 Å². The second kappa shape index (κ2) is 7.25. The number of carbonyl (C=O) groups excluding carboxylic acids is 3. The molecule has 0 aromatic rings. The molecule has 0 aliphatic heterocycles. The van der Waals surface area contributed by atoms with Crippen molar-refractivity contribution >= 4 is 17.5 Å². The fraction of sp³-hybridized carbons (Fsp3) is 0.708. The fourth-order valence-corrected chi connectivity index (χ4v) is 7.35. The topological polar surface area (TPSA) is 101 Å². The van der Waals surface area contributed by atoms with Crippen molar-refractivity contribution in [3.63, 3.8) is 0 Å². The van der Waals surface area contributed by atoms with Gasteiger partial charge >= 0.3 is 5.97 Å². The van der Waals surface area contributed by atoms with Crippen molar-refractivity contribution in [2.75, 3.05) is 6.61 Å². The van der Waals surface area contributed by atoms with E-state index in [9.17, 15) is 24.6 Å². The van der Waals surface area contributed by atoms with Crippen molar-refractivity contribution in [3.8, 4) is 0 Å². The molecule has 4 aliphatic carbocycles. The second-order valence-corrected chi connectivity index (χ2v) is 10.5. The van der Waals surface area contributed by atoms with E-state index in [2.05, 4.69) is 0 Å². The number of rotatable bonds is 3. The number of hydrogen-bond acceptors (Lipinski definition) is 6. The largest absolute Gasteiger partial charge is 0.458 e. The molecule has 0 radical (unpaired) electrons. The molecule has 0 amide bonds. The monoisotopic (exact) mass is 470 g/mol. The lowest BCUT2D eigenvalue weighted by Crippen LogP contribution is -2.73.